The molecule has 0 nitrogen and oxygen atoms in total. The summed E-state index contributed by atoms with van der Waals surface area (Å²) >= 11 is 2.77. The van der Waals surface area contributed by atoms with Gasteiger partial charge >= 0.3 is 0 Å². The summed E-state index contributed by atoms with van der Waals surface area (Å²) < 4.78 is 37.0. The minimum absolute atomic E-state index is 0.0984. The SMILES string of the molecule is FC1=CC(Br)=CC(F)(F)C1. The first-order valence-corrected chi connectivity index (χ1v) is 3.41. The van der Waals surface area contributed by atoms with Gasteiger partial charge in [0, 0.05) is 4.48 Å². The van der Waals surface area contributed by atoms with Crippen LogP contribution in [0.1, 0.15) is 6.42 Å². The molecule has 1 rings (SSSR count). The van der Waals surface area contributed by atoms with Crippen LogP contribution in [0, 0.1) is 0 Å². The molecule has 0 aliphatic heterocycles. The molecule has 0 aromatic carbocycles. The molecule has 0 amide bonds. The van der Waals surface area contributed by atoms with Crippen molar-refractivity contribution in [3.05, 3.63) is 22.5 Å². The molecule has 0 bridgehead atoms. The second-order valence-electron chi connectivity index (χ2n) is 2.06. The molecule has 4 heteroatoms. The van der Waals surface area contributed by atoms with Crippen LogP contribution >= 0.6 is 15.9 Å². The minimum atomic E-state index is -3.03. The Kier molecular flexibility index (Phi) is 1.90. The Hall–Kier alpha value is -0.250. The summed E-state index contributed by atoms with van der Waals surface area (Å²) in [6, 6.07) is 0. The van der Waals surface area contributed by atoms with Gasteiger partial charge in [0.1, 0.15) is 5.83 Å². The van der Waals surface area contributed by atoms with Crippen molar-refractivity contribution >= 4 is 15.9 Å². The number of allylic oxidation sites excluding steroid dienone is 4. The van der Waals surface area contributed by atoms with E-state index in [2.05, 4.69) is 15.9 Å². The highest BCUT2D eigenvalue weighted by molar-refractivity contribution is 9.11. The topological polar surface area (TPSA) is 0 Å². The third-order valence-corrected chi connectivity index (χ3v) is 1.51. The molecule has 0 atom stereocenters. The van der Waals surface area contributed by atoms with E-state index in [1.54, 1.807) is 0 Å². The second kappa shape index (κ2) is 2.42. The molecule has 0 aromatic heterocycles. The maximum atomic E-state index is 12.3. The Balaban J connectivity index is 2.88. The molecule has 0 aromatic rings. The van der Waals surface area contributed by atoms with E-state index in [9.17, 15) is 13.2 Å². The summed E-state index contributed by atoms with van der Waals surface area (Å²) in [6.07, 6.45) is 0.912. The Labute approximate surface area is 64.5 Å². The van der Waals surface area contributed by atoms with Crippen molar-refractivity contribution in [2.75, 3.05) is 0 Å². The van der Waals surface area contributed by atoms with Crippen LogP contribution in [0.3, 0.4) is 0 Å². The van der Waals surface area contributed by atoms with Crippen LogP contribution in [0.4, 0.5) is 13.2 Å². The standard InChI is InChI=1S/C6H4BrF3/c7-4-1-5(8)3-6(9,10)2-4/h1-2H,3H2. The van der Waals surface area contributed by atoms with E-state index in [0.717, 1.165) is 6.08 Å². The molecule has 10 heavy (non-hydrogen) atoms. The zero-order chi connectivity index (χ0) is 7.78. The highest BCUT2D eigenvalue weighted by Gasteiger charge is 2.30. The largest absolute Gasteiger partial charge is 0.274 e. The van der Waals surface area contributed by atoms with Crippen LogP contribution < -0.4 is 0 Å². The molecular weight excluding hydrogens is 209 g/mol. The molecule has 0 saturated heterocycles. The van der Waals surface area contributed by atoms with Gasteiger partial charge in [0.05, 0.1) is 6.42 Å². The summed E-state index contributed by atoms with van der Waals surface area (Å²) in [7, 11) is 0. The normalized spacial score (nSPS) is 23.6. The van der Waals surface area contributed by atoms with Gasteiger partial charge in [-0.05, 0) is 12.2 Å². The summed E-state index contributed by atoms with van der Waals surface area (Å²) in [6.45, 7) is 0. The molecule has 1 aliphatic carbocycles. The fourth-order valence-corrected chi connectivity index (χ4v) is 1.30. The first-order chi connectivity index (χ1) is 4.49. The van der Waals surface area contributed by atoms with Gasteiger partial charge < -0.3 is 0 Å². The number of rotatable bonds is 0. The van der Waals surface area contributed by atoms with Crippen molar-refractivity contribution in [2.24, 2.45) is 0 Å². The second-order valence-corrected chi connectivity index (χ2v) is 2.97. The third-order valence-electron chi connectivity index (χ3n) is 1.05. The Morgan fingerprint density at radius 2 is 2.10 bits per heavy atom. The number of alkyl halides is 2. The summed E-state index contributed by atoms with van der Waals surface area (Å²) in [5.74, 6) is -3.82. The molecule has 0 heterocycles. The van der Waals surface area contributed by atoms with Crippen molar-refractivity contribution in [3.8, 4) is 0 Å². The van der Waals surface area contributed by atoms with E-state index in [4.69, 9.17) is 0 Å². The van der Waals surface area contributed by atoms with Gasteiger partial charge in [-0.1, -0.05) is 15.9 Å². The van der Waals surface area contributed by atoms with Crippen molar-refractivity contribution in [3.63, 3.8) is 0 Å². The minimum Gasteiger partial charge on any atom is -0.212 e. The average molecular weight is 213 g/mol. The van der Waals surface area contributed by atoms with Gasteiger partial charge in [-0.25, -0.2) is 13.2 Å². The van der Waals surface area contributed by atoms with E-state index < -0.39 is 18.2 Å². The van der Waals surface area contributed by atoms with E-state index in [1.807, 2.05) is 0 Å². The molecule has 0 fully saturated rings. The third kappa shape index (κ3) is 1.87. The monoisotopic (exact) mass is 212 g/mol. The van der Waals surface area contributed by atoms with E-state index >= 15 is 0 Å². The van der Waals surface area contributed by atoms with E-state index in [-0.39, 0.29) is 4.48 Å². The van der Waals surface area contributed by atoms with Crippen LogP contribution in [0.5, 0.6) is 0 Å². The van der Waals surface area contributed by atoms with E-state index in [1.165, 1.54) is 0 Å². The molecule has 0 N–H and O–H groups in total. The molecule has 0 radical (unpaired) electrons. The first kappa shape index (κ1) is 7.85. The van der Waals surface area contributed by atoms with Crippen molar-refractivity contribution in [2.45, 2.75) is 12.3 Å². The van der Waals surface area contributed by atoms with E-state index in [0.29, 0.717) is 6.08 Å². The van der Waals surface area contributed by atoms with Crippen LogP contribution in [-0.4, -0.2) is 5.92 Å². The van der Waals surface area contributed by atoms with Crippen molar-refractivity contribution in [1.82, 2.24) is 0 Å². The lowest BCUT2D eigenvalue weighted by Crippen LogP contribution is -2.14. The van der Waals surface area contributed by atoms with Gasteiger partial charge in [-0.3, -0.25) is 0 Å². The van der Waals surface area contributed by atoms with Gasteiger partial charge in [-0.15, -0.1) is 0 Å². The molecule has 0 saturated carbocycles. The zero-order valence-electron chi connectivity index (χ0n) is 4.87. The summed E-state index contributed by atoms with van der Waals surface area (Å²) in [4.78, 5) is 0. The summed E-state index contributed by atoms with van der Waals surface area (Å²) in [5, 5.41) is 0. The van der Waals surface area contributed by atoms with Crippen LogP contribution in [0.25, 0.3) is 0 Å². The predicted octanol–water partition coefficient (Wildman–Crippen LogP) is 3.16. The van der Waals surface area contributed by atoms with Gasteiger partial charge in [0.25, 0.3) is 5.92 Å². The van der Waals surface area contributed by atoms with Crippen LogP contribution in [0.15, 0.2) is 22.5 Å². The Morgan fingerprint density at radius 1 is 1.50 bits per heavy atom. The fraction of sp³-hybridized carbons (Fsp3) is 0.333. The van der Waals surface area contributed by atoms with Crippen LogP contribution in [0.2, 0.25) is 0 Å². The average Bonchev–Trinajstić information content (AvgIpc) is 1.54. The molecule has 1 aliphatic rings. The lowest BCUT2D eigenvalue weighted by Gasteiger charge is -2.14. The van der Waals surface area contributed by atoms with Gasteiger partial charge in [0.15, 0.2) is 0 Å². The summed E-state index contributed by atoms with van der Waals surface area (Å²) in [5.41, 5.74) is 0. The molecular formula is C6H4BrF3. The maximum absolute atomic E-state index is 12.3. The predicted molar refractivity (Wildman–Crippen MR) is 35.8 cm³/mol. The molecule has 0 unspecified atom stereocenters. The highest BCUT2D eigenvalue weighted by Crippen LogP contribution is 2.33. The Morgan fingerprint density at radius 3 is 2.50 bits per heavy atom. The lowest BCUT2D eigenvalue weighted by molar-refractivity contribution is 0.0481. The maximum Gasteiger partial charge on any atom is 0.274 e. The van der Waals surface area contributed by atoms with Gasteiger partial charge in [0.2, 0.25) is 0 Å². The number of halogens is 4. The first-order valence-electron chi connectivity index (χ1n) is 2.62. The van der Waals surface area contributed by atoms with Gasteiger partial charge in [-0.2, -0.15) is 0 Å². The van der Waals surface area contributed by atoms with Crippen molar-refractivity contribution in [1.29, 1.82) is 0 Å². The number of hydrogen-bond donors (Lipinski definition) is 0. The quantitative estimate of drug-likeness (QED) is 0.579. The van der Waals surface area contributed by atoms with Crippen molar-refractivity contribution < 1.29 is 13.2 Å². The van der Waals surface area contributed by atoms with Crippen LogP contribution in [-0.2, 0) is 0 Å². The number of hydrogen-bond acceptors (Lipinski definition) is 0. The molecule has 56 valence electrons. The smallest absolute Gasteiger partial charge is 0.212 e. The zero-order valence-corrected chi connectivity index (χ0v) is 6.46. The lowest BCUT2D eigenvalue weighted by atomic mass is 10.1. The molecule has 0 spiro atoms. The fourth-order valence-electron chi connectivity index (χ4n) is 0.720. The Bertz CT molecular complexity index is 205. The highest BCUT2D eigenvalue weighted by atomic mass is 79.9.